The van der Waals surface area contributed by atoms with E-state index in [1.165, 1.54) is 11.8 Å². The molecule has 6 nitrogen and oxygen atoms in total. The van der Waals surface area contributed by atoms with Crippen LogP contribution in [-0.2, 0) is 6.54 Å². The first-order chi connectivity index (χ1) is 6.61. The average molecular weight is 197 g/mol. The Kier molecular flexibility index (Phi) is 2.85. The Labute approximate surface area is 80.9 Å². The number of aromatic nitrogens is 2. The summed E-state index contributed by atoms with van der Waals surface area (Å²) in [5.41, 5.74) is 0.376. The van der Waals surface area contributed by atoms with E-state index in [0.29, 0.717) is 12.2 Å². The summed E-state index contributed by atoms with van der Waals surface area (Å²) in [5.74, 6) is 0.0364. The predicted octanol–water partition coefficient (Wildman–Crippen LogP) is 1.29. The summed E-state index contributed by atoms with van der Waals surface area (Å²) >= 11 is 0. The molecule has 0 amide bonds. The fourth-order valence-electron chi connectivity index (χ4n) is 1.16. The molecule has 0 aliphatic carbocycles. The monoisotopic (exact) mass is 197 g/mol. The molecule has 0 bridgehead atoms. The SMILES string of the molecule is C=CCn1nc(OC)c([N+](=O)[O-])c1C. The second-order valence-corrected chi connectivity index (χ2v) is 2.67. The van der Waals surface area contributed by atoms with Gasteiger partial charge in [0.1, 0.15) is 5.69 Å². The summed E-state index contributed by atoms with van der Waals surface area (Å²) in [5, 5.41) is 14.6. The average Bonchev–Trinajstić information content (AvgIpc) is 2.44. The molecule has 1 rings (SSSR count). The standard InChI is InChI=1S/C8H11N3O3/c1-4-5-10-6(2)7(11(12)13)8(9-10)14-3/h4H,1,5H2,2-3H3. The van der Waals surface area contributed by atoms with E-state index in [1.54, 1.807) is 13.0 Å². The van der Waals surface area contributed by atoms with Crippen LogP contribution >= 0.6 is 0 Å². The lowest BCUT2D eigenvalue weighted by Crippen LogP contribution is -2.00. The Balaban J connectivity index is 3.24. The minimum absolute atomic E-state index is 0.0364. The van der Waals surface area contributed by atoms with E-state index in [1.807, 2.05) is 0 Å². The van der Waals surface area contributed by atoms with Crippen molar-refractivity contribution in [1.29, 1.82) is 0 Å². The van der Waals surface area contributed by atoms with Gasteiger partial charge in [-0.3, -0.25) is 14.8 Å². The van der Waals surface area contributed by atoms with Gasteiger partial charge in [0.15, 0.2) is 0 Å². The molecule has 0 fully saturated rings. The fourth-order valence-corrected chi connectivity index (χ4v) is 1.16. The molecule has 0 saturated heterocycles. The summed E-state index contributed by atoms with van der Waals surface area (Å²) < 4.78 is 6.28. The van der Waals surface area contributed by atoms with Gasteiger partial charge in [-0.15, -0.1) is 11.7 Å². The van der Waals surface area contributed by atoms with Crippen molar-refractivity contribution in [3.05, 3.63) is 28.5 Å². The Bertz CT molecular complexity index is 370. The highest BCUT2D eigenvalue weighted by molar-refractivity contribution is 5.45. The maximum atomic E-state index is 10.7. The molecule has 0 aliphatic rings. The highest BCUT2D eigenvalue weighted by Gasteiger charge is 2.25. The van der Waals surface area contributed by atoms with Gasteiger partial charge < -0.3 is 4.74 Å². The molecular formula is C8H11N3O3. The number of ether oxygens (including phenoxy) is 1. The summed E-state index contributed by atoms with van der Waals surface area (Å²) in [6, 6.07) is 0. The Hall–Kier alpha value is -1.85. The molecule has 1 aromatic rings. The topological polar surface area (TPSA) is 70.2 Å². The van der Waals surface area contributed by atoms with Crippen LogP contribution in [0.4, 0.5) is 5.69 Å². The van der Waals surface area contributed by atoms with Gasteiger partial charge in [0, 0.05) is 0 Å². The number of rotatable bonds is 4. The first-order valence-corrected chi connectivity index (χ1v) is 3.98. The van der Waals surface area contributed by atoms with Crippen molar-refractivity contribution in [2.45, 2.75) is 13.5 Å². The number of hydrogen-bond acceptors (Lipinski definition) is 4. The largest absolute Gasteiger partial charge is 0.475 e. The second kappa shape index (κ2) is 3.91. The molecule has 76 valence electrons. The van der Waals surface area contributed by atoms with Crippen LogP contribution in [0.1, 0.15) is 5.69 Å². The van der Waals surface area contributed by atoms with Crippen molar-refractivity contribution < 1.29 is 9.66 Å². The van der Waals surface area contributed by atoms with Crippen molar-refractivity contribution in [3.63, 3.8) is 0 Å². The zero-order valence-electron chi connectivity index (χ0n) is 8.06. The third-order valence-electron chi connectivity index (χ3n) is 1.82. The fraction of sp³-hybridized carbons (Fsp3) is 0.375. The van der Waals surface area contributed by atoms with E-state index in [-0.39, 0.29) is 11.6 Å². The molecule has 6 heteroatoms. The van der Waals surface area contributed by atoms with Crippen LogP contribution in [0.25, 0.3) is 0 Å². The highest BCUT2D eigenvalue weighted by atomic mass is 16.6. The van der Waals surface area contributed by atoms with Crippen LogP contribution in [0, 0.1) is 17.0 Å². The lowest BCUT2D eigenvalue weighted by Gasteiger charge is -1.95. The molecule has 14 heavy (non-hydrogen) atoms. The molecule has 0 N–H and O–H groups in total. The Morgan fingerprint density at radius 1 is 1.79 bits per heavy atom. The minimum atomic E-state index is -0.499. The maximum Gasteiger partial charge on any atom is 0.352 e. The maximum absolute atomic E-state index is 10.7. The molecule has 0 spiro atoms. The zero-order valence-corrected chi connectivity index (χ0v) is 8.06. The van der Waals surface area contributed by atoms with E-state index < -0.39 is 4.92 Å². The van der Waals surface area contributed by atoms with E-state index in [2.05, 4.69) is 11.7 Å². The van der Waals surface area contributed by atoms with Gasteiger partial charge in [0.2, 0.25) is 0 Å². The first-order valence-electron chi connectivity index (χ1n) is 3.98. The van der Waals surface area contributed by atoms with Crippen LogP contribution in [0.2, 0.25) is 0 Å². The van der Waals surface area contributed by atoms with Crippen LogP contribution < -0.4 is 4.74 Å². The summed E-state index contributed by atoms with van der Waals surface area (Å²) in [7, 11) is 1.35. The molecule has 1 heterocycles. The van der Waals surface area contributed by atoms with E-state index in [9.17, 15) is 10.1 Å². The number of nitro groups is 1. The summed E-state index contributed by atoms with van der Waals surface area (Å²) in [6.07, 6.45) is 1.61. The summed E-state index contributed by atoms with van der Waals surface area (Å²) in [6.45, 7) is 5.58. The smallest absolute Gasteiger partial charge is 0.352 e. The second-order valence-electron chi connectivity index (χ2n) is 2.67. The Morgan fingerprint density at radius 2 is 2.43 bits per heavy atom. The predicted molar refractivity (Wildman–Crippen MR) is 50.4 cm³/mol. The van der Waals surface area contributed by atoms with Crippen molar-refractivity contribution in [3.8, 4) is 5.88 Å². The zero-order chi connectivity index (χ0) is 10.7. The van der Waals surface area contributed by atoms with Crippen LogP contribution in [-0.4, -0.2) is 21.8 Å². The molecule has 0 atom stereocenters. The first kappa shape index (κ1) is 10.2. The quantitative estimate of drug-likeness (QED) is 0.414. The van der Waals surface area contributed by atoms with Crippen LogP contribution in [0.5, 0.6) is 5.88 Å². The molecule has 0 unspecified atom stereocenters. The number of allylic oxidation sites excluding steroid dienone is 1. The van der Waals surface area contributed by atoms with Gasteiger partial charge in [0.05, 0.1) is 18.6 Å². The number of nitrogens with zero attached hydrogens (tertiary/aromatic N) is 3. The van der Waals surface area contributed by atoms with Crippen molar-refractivity contribution >= 4 is 5.69 Å². The van der Waals surface area contributed by atoms with Crippen LogP contribution in [0.15, 0.2) is 12.7 Å². The summed E-state index contributed by atoms with van der Waals surface area (Å²) in [4.78, 5) is 10.2. The van der Waals surface area contributed by atoms with E-state index >= 15 is 0 Å². The minimum Gasteiger partial charge on any atom is -0.475 e. The number of methoxy groups -OCH3 is 1. The van der Waals surface area contributed by atoms with Gasteiger partial charge >= 0.3 is 11.6 Å². The molecule has 0 aromatic carbocycles. The molecule has 1 aromatic heterocycles. The van der Waals surface area contributed by atoms with Crippen molar-refractivity contribution in [2.24, 2.45) is 0 Å². The van der Waals surface area contributed by atoms with Gasteiger partial charge in [-0.25, -0.2) is 0 Å². The van der Waals surface area contributed by atoms with Gasteiger partial charge in [-0.2, -0.15) is 0 Å². The molecule has 0 aliphatic heterocycles. The normalized spacial score (nSPS) is 9.86. The lowest BCUT2D eigenvalue weighted by molar-refractivity contribution is -0.386. The third-order valence-corrected chi connectivity index (χ3v) is 1.82. The van der Waals surface area contributed by atoms with Gasteiger partial charge in [-0.05, 0) is 6.92 Å². The van der Waals surface area contributed by atoms with Gasteiger partial charge in [0.25, 0.3) is 0 Å². The van der Waals surface area contributed by atoms with E-state index in [4.69, 9.17) is 4.74 Å². The molecular weight excluding hydrogens is 186 g/mol. The Morgan fingerprint density at radius 3 is 2.79 bits per heavy atom. The molecule has 0 saturated carbocycles. The lowest BCUT2D eigenvalue weighted by atomic mass is 10.4. The molecule has 0 radical (unpaired) electrons. The number of hydrogen-bond donors (Lipinski definition) is 0. The van der Waals surface area contributed by atoms with Gasteiger partial charge in [-0.1, -0.05) is 6.08 Å². The highest BCUT2D eigenvalue weighted by Crippen LogP contribution is 2.28. The van der Waals surface area contributed by atoms with Crippen molar-refractivity contribution in [2.75, 3.05) is 7.11 Å². The van der Waals surface area contributed by atoms with E-state index in [0.717, 1.165) is 0 Å². The van der Waals surface area contributed by atoms with Crippen molar-refractivity contribution in [1.82, 2.24) is 9.78 Å². The third kappa shape index (κ3) is 1.59. The van der Waals surface area contributed by atoms with Crippen LogP contribution in [0.3, 0.4) is 0 Å².